The van der Waals surface area contributed by atoms with Crippen molar-refractivity contribution in [3.05, 3.63) is 40.9 Å². The molecule has 8 nitrogen and oxygen atoms in total. The second kappa shape index (κ2) is 9.48. The van der Waals surface area contributed by atoms with Crippen molar-refractivity contribution in [3.8, 4) is 0 Å². The van der Waals surface area contributed by atoms with Crippen LogP contribution in [0.5, 0.6) is 0 Å². The van der Waals surface area contributed by atoms with Gasteiger partial charge in [0.2, 0.25) is 0 Å². The van der Waals surface area contributed by atoms with Gasteiger partial charge in [0.15, 0.2) is 0 Å². The van der Waals surface area contributed by atoms with E-state index in [-0.39, 0.29) is 18.1 Å². The molecule has 0 aromatic carbocycles. The maximum absolute atomic E-state index is 12.7. The fraction of sp³-hybridized carbons (Fsp3) is 0.583. The average molecular weight is 453 g/mol. The predicted molar refractivity (Wildman–Crippen MR) is 134 cm³/mol. The molecular formula is C24H36BN5O3. The largest absolute Gasteiger partial charge is 0.427 e. The molecule has 0 unspecified atom stereocenters. The number of aromatic nitrogens is 2. The summed E-state index contributed by atoms with van der Waals surface area (Å²) in [7, 11) is 1.76. The van der Waals surface area contributed by atoms with Gasteiger partial charge in [-0.25, -0.2) is 4.98 Å². The van der Waals surface area contributed by atoms with Crippen molar-refractivity contribution < 1.29 is 9.39 Å². The molecule has 1 N–H and O–H groups in total. The maximum atomic E-state index is 12.7. The molecule has 178 valence electrons. The van der Waals surface area contributed by atoms with Gasteiger partial charge in [-0.2, -0.15) is 0 Å². The Kier molecular flexibility index (Phi) is 6.84. The molecule has 2 saturated heterocycles. The molecule has 9 heteroatoms. The number of aryl methyl sites for hydroxylation is 1. The van der Waals surface area contributed by atoms with Crippen LogP contribution in [0.4, 0.5) is 17.2 Å². The third-order valence-electron chi connectivity index (χ3n) is 6.34. The summed E-state index contributed by atoms with van der Waals surface area (Å²) in [6, 6.07) is 6.87. The molecule has 0 radical (unpaired) electrons. The Hall–Kier alpha value is -2.36. The van der Waals surface area contributed by atoms with Gasteiger partial charge in [-0.05, 0) is 51.4 Å². The van der Waals surface area contributed by atoms with Crippen molar-refractivity contribution in [3.63, 3.8) is 0 Å². The third kappa shape index (κ3) is 5.59. The topological polar surface area (TPSA) is 71.9 Å². The SMILES string of the molecule is CB(OC(C)(C)C)c1cc(Nc2ccc(N3CCN(C4COC4)C[C@@H]3C)cn2)c(=O)n(C)c1. The molecule has 2 aliphatic rings. The molecule has 2 aliphatic heterocycles. The van der Waals surface area contributed by atoms with E-state index < -0.39 is 0 Å². The number of anilines is 3. The Labute approximate surface area is 197 Å². The van der Waals surface area contributed by atoms with Crippen LogP contribution in [0.15, 0.2) is 35.4 Å². The normalized spacial score (nSPS) is 19.9. The van der Waals surface area contributed by atoms with Crippen LogP contribution in [-0.2, 0) is 16.4 Å². The standard InChI is InChI=1S/C24H36BN5O3/c1-17-13-29(20-15-32-16-20)9-10-30(17)19-7-8-22(26-12-19)27-21-11-18(14-28(6)23(21)31)25(5)33-24(2,3)4/h7-8,11-12,14,17,20H,9-10,13,15-16H2,1-6H3,(H,26,27)/t17-/m0/s1. The Bertz CT molecular complexity index is 1020. The Balaban J connectivity index is 1.45. The Morgan fingerprint density at radius 2 is 2.00 bits per heavy atom. The van der Waals surface area contributed by atoms with E-state index in [0.29, 0.717) is 23.6 Å². The lowest BCUT2D eigenvalue weighted by Gasteiger charge is -2.46. The van der Waals surface area contributed by atoms with Crippen LogP contribution >= 0.6 is 0 Å². The quantitative estimate of drug-likeness (QED) is 0.672. The highest BCUT2D eigenvalue weighted by atomic mass is 16.5. The smallest absolute Gasteiger partial charge is 0.325 e. The molecule has 2 aromatic heterocycles. The van der Waals surface area contributed by atoms with Crippen molar-refractivity contribution in [1.82, 2.24) is 14.5 Å². The monoisotopic (exact) mass is 453 g/mol. The minimum atomic E-state index is -0.270. The molecule has 2 fully saturated rings. The summed E-state index contributed by atoms with van der Waals surface area (Å²) >= 11 is 0. The van der Waals surface area contributed by atoms with Crippen molar-refractivity contribution in [2.75, 3.05) is 43.1 Å². The van der Waals surface area contributed by atoms with Crippen LogP contribution in [0.3, 0.4) is 0 Å². The molecule has 0 saturated carbocycles. The van der Waals surface area contributed by atoms with E-state index in [4.69, 9.17) is 9.39 Å². The number of piperazine rings is 1. The van der Waals surface area contributed by atoms with Gasteiger partial charge in [0.1, 0.15) is 11.5 Å². The minimum Gasteiger partial charge on any atom is -0.427 e. The zero-order valence-electron chi connectivity index (χ0n) is 20.7. The molecule has 0 spiro atoms. The summed E-state index contributed by atoms with van der Waals surface area (Å²) < 4.78 is 13.0. The number of rotatable bonds is 6. The van der Waals surface area contributed by atoms with Crippen LogP contribution in [0, 0.1) is 0 Å². The summed E-state index contributed by atoms with van der Waals surface area (Å²) in [5, 5.41) is 3.21. The molecule has 0 aliphatic carbocycles. The van der Waals surface area contributed by atoms with E-state index in [1.54, 1.807) is 11.6 Å². The highest BCUT2D eigenvalue weighted by molar-refractivity contribution is 6.66. The lowest BCUT2D eigenvalue weighted by atomic mass is 9.63. The van der Waals surface area contributed by atoms with Crippen molar-refractivity contribution >= 4 is 29.6 Å². The van der Waals surface area contributed by atoms with Crippen LogP contribution in [0.2, 0.25) is 6.82 Å². The summed E-state index contributed by atoms with van der Waals surface area (Å²) in [5.41, 5.74) is 2.16. The van der Waals surface area contributed by atoms with E-state index in [1.807, 2.05) is 52.1 Å². The van der Waals surface area contributed by atoms with Crippen molar-refractivity contribution in [1.29, 1.82) is 0 Å². The first-order valence-electron chi connectivity index (χ1n) is 11.8. The van der Waals surface area contributed by atoms with Gasteiger partial charge in [-0.3, -0.25) is 9.69 Å². The zero-order valence-corrected chi connectivity index (χ0v) is 20.7. The Morgan fingerprint density at radius 3 is 2.58 bits per heavy atom. The Morgan fingerprint density at radius 1 is 1.24 bits per heavy atom. The fourth-order valence-electron chi connectivity index (χ4n) is 4.55. The summed E-state index contributed by atoms with van der Waals surface area (Å²) in [6.45, 7) is 15.0. The van der Waals surface area contributed by atoms with Gasteiger partial charge in [0, 0.05) is 44.5 Å². The highest BCUT2D eigenvalue weighted by Gasteiger charge is 2.32. The predicted octanol–water partition coefficient (Wildman–Crippen LogP) is 2.08. The van der Waals surface area contributed by atoms with E-state index >= 15 is 0 Å². The van der Waals surface area contributed by atoms with Crippen LogP contribution < -0.4 is 21.2 Å². The van der Waals surface area contributed by atoms with Crippen LogP contribution in [0.25, 0.3) is 0 Å². The van der Waals surface area contributed by atoms with Gasteiger partial charge in [-0.1, -0.05) is 6.82 Å². The van der Waals surface area contributed by atoms with E-state index in [1.165, 1.54) is 0 Å². The van der Waals surface area contributed by atoms with E-state index in [2.05, 4.69) is 33.1 Å². The maximum Gasteiger partial charge on any atom is 0.325 e. The number of ether oxygens (including phenoxy) is 1. The molecule has 33 heavy (non-hydrogen) atoms. The third-order valence-corrected chi connectivity index (χ3v) is 6.34. The van der Waals surface area contributed by atoms with E-state index in [9.17, 15) is 4.79 Å². The molecule has 1 atom stereocenters. The highest BCUT2D eigenvalue weighted by Crippen LogP contribution is 2.24. The molecule has 0 bridgehead atoms. The van der Waals surface area contributed by atoms with Gasteiger partial charge < -0.3 is 24.2 Å². The van der Waals surface area contributed by atoms with E-state index in [0.717, 1.165) is 44.0 Å². The molecule has 4 heterocycles. The lowest BCUT2D eigenvalue weighted by molar-refractivity contribution is -0.0691. The first kappa shape index (κ1) is 23.8. The first-order valence-corrected chi connectivity index (χ1v) is 11.8. The number of hydrogen-bond donors (Lipinski definition) is 1. The molecule has 0 amide bonds. The summed E-state index contributed by atoms with van der Waals surface area (Å²) in [5.74, 6) is 0.648. The van der Waals surface area contributed by atoms with Crippen LogP contribution in [0.1, 0.15) is 27.7 Å². The molecule has 4 rings (SSSR count). The zero-order chi connectivity index (χ0) is 23.8. The fourth-order valence-corrected chi connectivity index (χ4v) is 4.55. The van der Waals surface area contributed by atoms with Crippen molar-refractivity contribution in [2.45, 2.75) is 52.2 Å². The minimum absolute atomic E-state index is 0.0997. The molecular weight excluding hydrogens is 417 g/mol. The first-order chi connectivity index (χ1) is 15.6. The number of pyridine rings is 2. The van der Waals surface area contributed by atoms with Gasteiger partial charge in [-0.15, -0.1) is 0 Å². The summed E-state index contributed by atoms with van der Waals surface area (Å²) in [6.07, 6.45) is 3.72. The summed E-state index contributed by atoms with van der Waals surface area (Å²) in [4.78, 5) is 22.2. The van der Waals surface area contributed by atoms with Gasteiger partial charge in [0.05, 0.1) is 31.1 Å². The number of nitrogens with zero attached hydrogens (tertiary/aromatic N) is 4. The van der Waals surface area contributed by atoms with Crippen LogP contribution in [-0.4, -0.2) is 71.9 Å². The second-order valence-electron chi connectivity index (χ2n) is 10.2. The lowest BCUT2D eigenvalue weighted by Crippen LogP contribution is -2.59. The van der Waals surface area contributed by atoms with Gasteiger partial charge >= 0.3 is 6.92 Å². The second-order valence-corrected chi connectivity index (χ2v) is 10.2. The number of hydrogen-bond acceptors (Lipinski definition) is 7. The number of nitrogens with one attached hydrogen (secondary N) is 1. The molecule has 2 aromatic rings. The van der Waals surface area contributed by atoms with Gasteiger partial charge in [0.25, 0.3) is 5.56 Å². The van der Waals surface area contributed by atoms with Crippen molar-refractivity contribution in [2.24, 2.45) is 7.05 Å². The average Bonchev–Trinajstić information content (AvgIpc) is 2.69.